The van der Waals surface area contributed by atoms with E-state index in [9.17, 15) is 0 Å². The van der Waals surface area contributed by atoms with Crippen LogP contribution in [0.3, 0.4) is 0 Å². The molecule has 0 bridgehead atoms. The fraction of sp³-hybridized carbons (Fsp3) is 0.111. The van der Waals surface area contributed by atoms with E-state index in [-0.39, 0.29) is 0 Å². The molecule has 24 heavy (non-hydrogen) atoms. The van der Waals surface area contributed by atoms with Crippen molar-refractivity contribution < 1.29 is 0 Å². The number of aromatic nitrogens is 2. The lowest BCUT2D eigenvalue weighted by atomic mass is 10.2. The van der Waals surface area contributed by atoms with Crippen LogP contribution in [0.4, 0.5) is 0 Å². The van der Waals surface area contributed by atoms with Crippen molar-refractivity contribution in [3.05, 3.63) is 48.5 Å². The Kier molecular flexibility index (Phi) is 4.63. The second-order valence-electron chi connectivity index (χ2n) is 5.11. The molecule has 0 unspecified atom stereocenters. The largest absolute Gasteiger partial charge is 0.223 e. The van der Waals surface area contributed by atoms with Gasteiger partial charge in [0.15, 0.2) is 9.66 Å². The van der Waals surface area contributed by atoms with E-state index in [0.29, 0.717) is 0 Å². The Hall–Kier alpha value is -1.34. The van der Waals surface area contributed by atoms with E-state index in [4.69, 9.17) is 9.97 Å². The zero-order valence-corrected chi connectivity index (χ0v) is 16.4. The van der Waals surface area contributed by atoms with Gasteiger partial charge in [0.2, 0.25) is 0 Å². The van der Waals surface area contributed by atoms with Gasteiger partial charge in [0.25, 0.3) is 0 Å². The van der Waals surface area contributed by atoms with Crippen molar-refractivity contribution in [2.45, 2.75) is 9.79 Å². The maximum atomic E-state index is 4.78. The van der Waals surface area contributed by atoms with E-state index in [0.717, 1.165) is 30.8 Å². The van der Waals surface area contributed by atoms with Crippen molar-refractivity contribution in [2.24, 2.45) is 0 Å². The van der Waals surface area contributed by atoms with Crippen LogP contribution in [-0.2, 0) is 0 Å². The molecule has 4 aromatic rings. The molecule has 4 rings (SSSR count). The number of rotatable bonds is 4. The minimum absolute atomic E-state index is 1.02. The summed E-state index contributed by atoms with van der Waals surface area (Å²) >= 11 is 6.83. The number of benzene rings is 2. The van der Waals surface area contributed by atoms with Crippen molar-refractivity contribution in [3.8, 4) is 21.1 Å². The van der Waals surface area contributed by atoms with Gasteiger partial charge in [0.05, 0.1) is 0 Å². The van der Waals surface area contributed by atoms with E-state index in [2.05, 4.69) is 61.0 Å². The van der Waals surface area contributed by atoms with E-state index in [1.807, 2.05) is 0 Å². The minimum Gasteiger partial charge on any atom is -0.223 e. The Morgan fingerprint density at radius 3 is 1.33 bits per heavy atom. The van der Waals surface area contributed by atoms with E-state index in [1.54, 1.807) is 46.2 Å². The summed E-state index contributed by atoms with van der Waals surface area (Å²) in [6.45, 7) is 0. The van der Waals surface area contributed by atoms with E-state index < -0.39 is 0 Å². The first-order chi connectivity index (χ1) is 11.8. The third-order valence-corrected chi connectivity index (χ3v) is 7.26. The molecule has 0 aliphatic rings. The second kappa shape index (κ2) is 6.88. The summed E-state index contributed by atoms with van der Waals surface area (Å²) in [6, 6.07) is 17.1. The minimum atomic E-state index is 1.02. The zero-order chi connectivity index (χ0) is 16.5. The average Bonchev–Trinajstić information content (AvgIpc) is 3.21. The van der Waals surface area contributed by atoms with Gasteiger partial charge in [0, 0.05) is 20.9 Å². The molecule has 0 atom stereocenters. The third kappa shape index (κ3) is 3.11. The van der Waals surface area contributed by atoms with Gasteiger partial charge in [0.1, 0.15) is 10.0 Å². The Morgan fingerprint density at radius 1 is 0.625 bits per heavy atom. The highest BCUT2D eigenvalue weighted by atomic mass is 32.2. The lowest BCUT2D eigenvalue weighted by Gasteiger charge is -1.99. The van der Waals surface area contributed by atoms with Gasteiger partial charge >= 0.3 is 0 Å². The fourth-order valence-electron chi connectivity index (χ4n) is 2.36. The second-order valence-corrected chi connectivity index (χ2v) is 8.82. The predicted octanol–water partition coefficient (Wildman–Crippen LogP) is 6.53. The number of hydrogen-bond acceptors (Lipinski definition) is 6. The van der Waals surface area contributed by atoms with Gasteiger partial charge in [-0.2, -0.15) is 0 Å². The molecule has 2 nitrogen and oxygen atoms in total. The summed E-state index contributed by atoms with van der Waals surface area (Å²) in [5, 5.41) is 2.08. The van der Waals surface area contributed by atoms with Crippen LogP contribution in [0.5, 0.6) is 0 Å². The summed E-state index contributed by atoms with van der Waals surface area (Å²) in [6.07, 6.45) is 4.18. The van der Waals surface area contributed by atoms with Gasteiger partial charge < -0.3 is 0 Å². The molecule has 0 radical (unpaired) electrons. The quantitative estimate of drug-likeness (QED) is 0.372. The van der Waals surface area contributed by atoms with Crippen molar-refractivity contribution in [1.82, 2.24) is 9.97 Å². The number of fused-ring (bicyclic) bond motifs is 1. The maximum Gasteiger partial charge on any atom is 0.155 e. The summed E-state index contributed by atoms with van der Waals surface area (Å²) in [5.41, 5.74) is 2.32. The average molecular weight is 387 g/mol. The molecule has 0 saturated heterocycles. The van der Waals surface area contributed by atoms with Crippen LogP contribution in [0.2, 0.25) is 0 Å². The Bertz CT molecular complexity index is 860. The van der Waals surface area contributed by atoms with Crippen LogP contribution >= 0.6 is 46.2 Å². The molecule has 2 aromatic carbocycles. The van der Waals surface area contributed by atoms with Gasteiger partial charge in [-0.1, -0.05) is 46.9 Å². The maximum absolute atomic E-state index is 4.78. The summed E-state index contributed by atoms with van der Waals surface area (Å²) in [4.78, 5) is 14.1. The van der Waals surface area contributed by atoms with Gasteiger partial charge in [-0.05, 0) is 36.8 Å². The van der Waals surface area contributed by atoms with Crippen molar-refractivity contribution in [2.75, 3.05) is 12.5 Å². The predicted molar refractivity (Wildman–Crippen MR) is 110 cm³/mol. The smallest absolute Gasteiger partial charge is 0.155 e. The highest BCUT2D eigenvalue weighted by molar-refractivity contribution is 7.98. The van der Waals surface area contributed by atoms with Crippen molar-refractivity contribution in [1.29, 1.82) is 0 Å². The first-order valence-corrected chi connectivity index (χ1v) is 11.4. The Labute approximate surface area is 157 Å². The highest BCUT2D eigenvalue weighted by Gasteiger charge is 2.13. The van der Waals surface area contributed by atoms with Crippen molar-refractivity contribution >= 4 is 55.9 Å². The molecule has 0 spiro atoms. The molecule has 0 amide bonds. The standard InChI is InChI=1S/C18H14N2S4/c1-21-13-7-3-11(4-8-13)15-19-17-18(23-15)20-16(24-17)12-5-9-14(22-2)10-6-12/h3-10H,1-2H3. The number of thiazole rings is 2. The van der Waals surface area contributed by atoms with Crippen LogP contribution in [0.25, 0.3) is 30.8 Å². The normalized spacial score (nSPS) is 11.2. The number of thioether (sulfide) groups is 2. The summed E-state index contributed by atoms with van der Waals surface area (Å²) in [7, 11) is 0. The molecule has 0 aliphatic carbocycles. The van der Waals surface area contributed by atoms with Crippen LogP contribution in [-0.4, -0.2) is 22.5 Å². The fourth-order valence-corrected chi connectivity index (χ4v) is 5.23. The first kappa shape index (κ1) is 16.1. The number of hydrogen-bond donors (Lipinski definition) is 0. The molecule has 0 fully saturated rings. The highest BCUT2D eigenvalue weighted by Crippen LogP contribution is 2.37. The Balaban J connectivity index is 1.66. The molecule has 2 aromatic heterocycles. The summed E-state index contributed by atoms with van der Waals surface area (Å²) in [5.74, 6) is 0. The zero-order valence-electron chi connectivity index (χ0n) is 13.1. The molecular weight excluding hydrogens is 372 g/mol. The van der Waals surface area contributed by atoms with E-state index >= 15 is 0 Å². The molecule has 0 N–H and O–H groups in total. The first-order valence-electron chi connectivity index (χ1n) is 7.33. The topological polar surface area (TPSA) is 25.8 Å². The third-order valence-electron chi connectivity index (χ3n) is 3.65. The van der Waals surface area contributed by atoms with Crippen molar-refractivity contribution in [3.63, 3.8) is 0 Å². The molecule has 120 valence electrons. The van der Waals surface area contributed by atoms with Gasteiger partial charge in [-0.3, -0.25) is 0 Å². The van der Waals surface area contributed by atoms with Crippen LogP contribution in [0, 0.1) is 0 Å². The van der Waals surface area contributed by atoms with Crippen LogP contribution in [0.15, 0.2) is 58.3 Å². The lowest BCUT2D eigenvalue weighted by Crippen LogP contribution is -1.77. The SMILES string of the molecule is CSc1ccc(-c2nc3sc(-c4ccc(SC)cc4)nc3s2)cc1. The molecule has 2 heterocycles. The Morgan fingerprint density at radius 2 is 1.00 bits per heavy atom. The van der Waals surface area contributed by atoms with Gasteiger partial charge in [-0.15, -0.1) is 23.5 Å². The lowest BCUT2D eigenvalue weighted by molar-refractivity contribution is 1.43. The van der Waals surface area contributed by atoms with Crippen LogP contribution < -0.4 is 0 Å². The molecule has 0 aliphatic heterocycles. The molecule has 6 heteroatoms. The molecular formula is C18H14N2S4. The van der Waals surface area contributed by atoms with E-state index in [1.165, 1.54) is 9.79 Å². The van der Waals surface area contributed by atoms with Gasteiger partial charge in [-0.25, -0.2) is 9.97 Å². The monoisotopic (exact) mass is 386 g/mol. The number of nitrogens with zero attached hydrogens (tertiary/aromatic N) is 2. The summed E-state index contributed by atoms with van der Waals surface area (Å²) < 4.78 is 0. The van der Waals surface area contributed by atoms with Crippen LogP contribution in [0.1, 0.15) is 0 Å². The molecule has 0 saturated carbocycles.